The molecule has 0 aromatic carbocycles. The number of anilines is 3. The Kier molecular flexibility index (Phi) is 7.13. The molecule has 10 heteroatoms. The second kappa shape index (κ2) is 10.4. The SMILES string of the molecule is CC(C)(C)N(C(=O)O)[C@H]1CCCN(c2ccc(Nc3c(C(=O)C4CCC4)cnc4ccc(Cl)nc34)cn2)C1. The standard InChI is InChI=1S/C28H33ClN6O3/c1-28(2,3)35(27(37)38)19-8-5-13-34(16-19)23-12-9-18(14-31-23)32-24-20(26(36)17-6-4-7-17)15-30-21-10-11-22(29)33-25(21)24/h9-12,14-15,17,19H,4-8,13,16H2,1-3H3,(H,30,32)(H,37,38)/t19-/m0/s1. The van der Waals surface area contributed by atoms with Gasteiger partial charge in [-0.25, -0.2) is 14.8 Å². The van der Waals surface area contributed by atoms with E-state index in [0.29, 0.717) is 39.7 Å². The minimum Gasteiger partial charge on any atom is -0.465 e. The second-order valence-corrected chi connectivity index (χ2v) is 11.5. The average Bonchev–Trinajstić information content (AvgIpc) is 2.83. The van der Waals surface area contributed by atoms with E-state index >= 15 is 0 Å². The van der Waals surface area contributed by atoms with Gasteiger partial charge in [-0.3, -0.25) is 14.7 Å². The number of ketones is 1. The quantitative estimate of drug-likeness (QED) is 0.285. The highest BCUT2D eigenvalue weighted by atomic mass is 35.5. The maximum Gasteiger partial charge on any atom is 0.408 e. The lowest BCUT2D eigenvalue weighted by molar-refractivity contribution is 0.0647. The van der Waals surface area contributed by atoms with Crippen LogP contribution in [-0.2, 0) is 0 Å². The van der Waals surface area contributed by atoms with Gasteiger partial charge < -0.3 is 15.3 Å². The van der Waals surface area contributed by atoms with Crippen molar-refractivity contribution in [3.8, 4) is 0 Å². The lowest BCUT2D eigenvalue weighted by Crippen LogP contribution is -2.57. The molecule has 0 spiro atoms. The number of nitrogens with one attached hydrogen (secondary N) is 1. The van der Waals surface area contributed by atoms with Crippen LogP contribution in [0.25, 0.3) is 11.0 Å². The van der Waals surface area contributed by atoms with Crippen molar-refractivity contribution < 1.29 is 14.7 Å². The fraction of sp³-hybridized carbons (Fsp3) is 0.464. The predicted octanol–water partition coefficient (Wildman–Crippen LogP) is 6.15. The predicted molar refractivity (Wildman–Crippen MR) is 149 cm³/mol. The number of aromatic nitrogens is 3. The normalized spacial score (nSPS) is 18.2. The molecule has 1 saturated heterocycles. The minimum absolute atomic E-state index is 0.0139. The summed E-state index contributed by atoms with van der Waals surface area (Å²) in [7, 11) is 0. The lowest BCUT2D eigenvalue weighted by atomic mass is 9.80. The largest absolute Gasteiger partial charge is 0.465 e. The van der Waals surface area contributed by atoms with Gasteiger partial charge >= 0.3 is 6.09 Å². The topological polar surface area (TPSA) is 112 Å². The Morgan fingerprint density at radius 1 is 1.08 bits per heavy atom. The molecular formula is C28H33ClN6O3. The number of piperidine rings is 1. The first kappa shape index (κ1) is 26.2. The molecular weight excluding hydrogens is 504 g/mol. The molecule has 9 nitrogen and oxygen atoms in total. The zero-order valence-electron chi connectivity index (χ0n) is 21.9. The smallest absolute Gasteiger partial charge is 0.408 e. The molecule has 0 bridgehead atoms. The number of carboxylic acid groups (broad SMARTS) is 1. The minimum atomic E-state index is -0.901. The van der Waals surface area contributed by atoms with Crippen molar-refractivity contribution >= 4 is 51.7 Å². The molecule has 0 unspecified atom stereocenters. The number of rotatable bonds is 6. The van der Waals surface area contributed by atoms with Crippen molar-refractivity contribution in [1.29, 1.82) is 0 Å². The number of amides is 1. The fourth-order valence-electron chi connectivity index (χ4n) is 5.40. The highest BCUT2D eigenvalue weighted by molar-refractivity contribution is 6.30. The summed E-state index contributed by atoms with van der Waals surface area (Å²) in [6, 6.07) is 7.20. The Labute approximate surface area is 227 Å². The number of carbonyl (C=O) groups is 2. The molecule has 1 amide bonds. The van der Waals surface area contributed by atoms with Crippen molar-refractivity contribution in [1.82, 2.24) is 19.9 Å². The number of carbonyl (C=O) groups excluding carboxylic acids is 1. The first-order valence-corrected chi connectivity index (χ1v) is 13.5. The van der Waals surface area contributed by atoms with E-state index in [0.717, 1.165) is 44.5 Å². The van der Waals surface area contributed by atoms with Crippen molar-refractivity contribution in [2.75, 3.05) is 23.3 Å². The van der Waals surface area contributed by atoms with Crippen LogP contribution in [0.3, 0.4) is 0 Å². The summed E-state index contributed by atoms with van der Waals surface area (Å²) < 4.78 is 0. The third-order valence-electron chi connectivity index (χ3n) is 7.45. The van der Waals surface area contributed by atoms with Crippen LogP contribution in [-0.4, -0.2) is 61.5 Å². The van der Waals surface area contributed by atoms with Gasteiger partial charge in [0.05, 0.1) is 34.7 Å². The van der Waals surface area contributed by atoms with Crippen LogP contribution in [0.1, 0.15) is 63.2 Å². The number of halogens is 1. The van der Waals surface area contributed by atoms with E-state index < -0.39 is 11.6 Å². The third-order valence-corrected chi connectivity index (χ3v) is 7.66. The molecule has 5 rings (SSSR count). The maximum absolute atomic E-state index is 13.2. The zero-order chi connectivity index (χ0) is 27.0. The van der Waals surface area contributed by atoms with Crippen molar-refractivity contribution in [2.45, 2.75) is 64.5 Å². The molecule has 200 valence electrons. The average molecular weight is 537 g/mol. The van der Waals surface area contributed by atoms with E-state index in [2.05, 4.69) is 25.2 Å². The molecule has 1 aliphatic carbocycles. The van der Waals surface area contributed by atoms with E-state index in [-0.39, 0.29) is 17.7 Å². The molecule has 1 atom stereocenters. The van der Waals surface area contributed by atoms with E-state index in [1.54, 1.807) is 29.4 Å². The molecule has 38 heavy (non-hydrogen) atoms. The molecule has 3 aromatic heterocycles. The Morgan fingerprint density at radius 2 is 1.87 bits per heavy atom. The molecule has 1 aliphatic heterocycles. The molecule has 1 saturated carbocycles. The summed E-state index contributed by atoms with van der Waals surface area (Å²) in [6.07, 6.45) is 7.00. The first-order valence-electron chi connectivity index (χ1n) is 13.1. The van der Waals surface area contributed by atoms with E-state index in [1.165, 1.54) is 0 Å². The van der Waals surface area contributed by atoms with Gasteiger partial charge in [0, 0.05) is 30.7 Å². The van der Waals surface area contributed by atoms with Crippen LogP contribution in [0.15, 0.2) is 36.7 Å². The number of nitrogens with zero attached hydrogens (tertiary/aromatic N) is 5. The van der Waals surface area contributed by atoms with Crippen LogP contribution in [0.5, 0.6) is 0 Å². The summed E-state index contributed by atoms with van der Waals surface area (Å²) in [6.45, 7) is 7.17. The highest BCUT2D eigenvalue weighted by Gasteiger charge is 2.36. The van der Waals surface area contributed by atoms with Crippen LogP contribution in [0.2, 0.25) is 5.15 Å². The second-order valence-electron chi connectivity index (χ2n) is 11.1. The van der Waals surface area contributed by atoms with Gasteiger partial charge in [0.1, 0.15) is 16.5 Å². The summed E-state index contributed by atoms with van der Waals surface area (Å²) in [4.78, 5) is 42.5. The Hall–Kier alpha value is -3.46. The fourth-order valence-corrected chi connectivity index (χ4v) is 5.55. The number of pyridine rings is 3. The molecule has 3 aromatic rings. The molecule has 4 heterocycles. The number of hydrogen-bond acceptors (Lipinski definition) is 7. The van der Waals surface area contributed by atoms with Gasteiger partial charge in [-0.2, -0.15) is 0 Å². The van der Waals surface area contributed by atoms with Crippen LogP contribution in [0.4, 0.5) is 22.0 Å². The molecule has 2 N–H and O–H groups in total. The number of Topliss-reactive ketones (excluding diaryl/α,β-unsaturated/α-hetero) is 1. The van der Waals surface area contributed by atoms with Crippen LogP contribution < -0.4 is 10.2 Å². The molecule has 2 fully saturated rings. The lowest BCUT2D eigenvalue weighted by Gasteiger charge is -2.44. The third kappa shape index (κ3) is 5.25. The van der Waals surface area contributed by atoms with E-state index in [4.69, 9.17) is 11.6 Å². The zero-order valence-corrected chi connectivity index (χ0v) is 22.7. The first-order chi connectivity index (χ1) is 18.1. The summed E-state index contributed by atoms with van der Waals surface area (Å²) >= 11 is 6.21. The van der Waals surface area contributed by atoms with Gasteiger partial charge in [0.15, 0.2) is 5.78 Å². The van der Waals surface area contributed by atoms with Gasteiger partial charge in [-0.15, -0.1) is 0 Å². The van der Waals surface area contributed by atoms with Crippen molar-refractivity contribution in [3.63, 3.8) is 0 Å². The van der Waals surface area contributed by atoms with E-state index in [9.17, 15) is 14.7 Å². The van der Waals surface area contributed by atoms with Crippen molar-refractivity contribution in [2.24, 2.45) is 5.92 Å². The monoisotopic (exact) mass is 536 g/mol. The highest BCUT2D eigenvalue weighted by Crippen LogP contribution is 2.36. The maximum atomic E-state index is 13.2. The number of hydrogen-bond donors (Lipinski definition) is 2. The Bertz CT molecular complexity index is 1350. The Balaban J connectivity index is 1.40. The number of fused-ring (bicyclic) bond motifs is 1. The summed E-state index contributed by atoms with van der Waals surface area (Å²) in [5.41, 5.74) is 2.51. The van der Waals surface area contributed by atoms with Gasteiger partial charge in [0.2, 0.25) is 0 Å². The van der Waals surface area contributed by atoms with Crippen LogP contribution in [0, 0.1) is 5.92 Å². The van der Waals surface area contributed by atoms with Crippen molar-refractivity contribution in [3.05, 3.63) is 47.4 Å². The van der Waals surface area contributed by atoms with Gasteiger partial charge in [-0.05, 0) is 70.7 Å². The molecule has 0 radical (unpaired) electrons. The molecule has 2 aliphatic rings. The Morgan fingerprint density at radius 3 is 2.50 bits per heavy atom. The van der Waals surface area contributed by atoms with Gasteiger partial charge in [0.25, 0.3) is 0 Å². The van der Waals surface area contributed by atoms with Gasteiger partial charge in [-0.1, -0.05) is 18.0 Å². The summed E-state index contributed by atoms with van der Waals surface area (Å²) in [5.74, 6) is 0.867. The van der Waals surface area contributed by atoms with Crippen LogP contribution >= 0.6 is 11.6 Å². The van der Waals surface area contributed by atoms with E-state index in [1.807, 2.05) is 32.9 Å². The summed E-state index contributed by atoms with van der Waals surface area (Å²) in [5, 5.41) is 13.5.